The molecule has 0 unspecified atom stereocenters. The van der Waals surface area contributed by atoms with Gasteiger partial charge in [0.2, 0.25) is 11.9 Å². The van der Waals surface area contributed by atoms with Crippen LogP contribution in [-0.4, -0.2) is 55.4 Å². The summed E-state index contributed by atoms with van der Waals surface area (Å²) >= 11 is 0. The van der Waals surface area contributed by atoms with Gasteiger partial charge in [0, 0.05) is 24.2 Å². The van der Waals surface area contributed by atoms with E-state index in [1.165, 1.54) is 44.8 Å². The standard InChI is InChI=1S/C26H33N5O4S/c32-25(19-6-7-19)30-26-28-23-13-10-21(18-24(23)29-26)35-36(33,34)22-11-8-20(9-12-22)27-14-5-17-31-15-3-1-2-4-16-31/h8-13,18-19,27H,1-7,14-17H2,(H2,28,29,30,32). The van der Waals surface area contributed by atoms with Gasteiger partial charge < -0.3 is 19.4 Å². The lowest BCUT2D eigenvalue weighted by atomic mass is 10.2. The molecule has 9 nitrogen and oxygen atoms in total. The van der Waals surface area contributed by atoms with Crippen molar-refractivity contribution in [1.82, 2.24) is 14.9 Å². The van der Waals surface area contributed by atoms with Gasteiger partial charge in [0.1, 0.15) is 10.6 Å². The van der Waals surface area contributed by atoms with E-state index in [1.807, 2.05) is 0 Å². The van der Waals surface area contributed by atoms with E-state index in [0.29, 0.717) is 17.0 Å². The number of likely N-dealkylation sites (tertiary alicyclic amines) is 1. The largest absolute Gasteiger partial charge is 0.385 e. The van der Waals surface area contributed by atoms with E-state index < -0.39 is 10.1 Å². The highest BCUT2D eigenvalue weighted by Crippen LogP contribution is 2.30. The third kappa shape index (κ3) is 6.36. The zero-order valence-electron chi connectivity index (χ0n) is 20.3. The fourth-order valence-electron chi connectivity index (χ4n) is 4.47. The Kier molecular flexibility index (Phi) is 7.43. The summed E-state index contributed by atoms with van der Waals surface area (Å²) in [5.74, 6) is 0.512. The summed E-state index contributed by atoms with van der Waals surface area (Å²) in [6.07, 6.45) is 8.11. The van der Waals surface area contributed by atoms with Crippen LogP contribution in [0.1, 0.15) is 44.9 Å². The van der Waals surface area contributed by atoms with Crippen molar-refractivity contribution in [2.75, 3.05) is 36.8 Å². The monoisotopic (exact) mass is 511 g/mol. The molecule has 10 heteroatoms. The summed E-state index contributed by atoms with van der Waals surface area (Å²) in [6.45, 7) is 4.31. The number of amides is 1. The average Bonchev–Trinajstić information content (AvgIpc) is 3.67. The van der Waals surface area contributed by atoms with Crippen molar-refractivity contribution in [3.05, 3.63) is 42.5 Å². The average molecular weight is 512 g/mol. The van der Waals surface area contributed by atoms with Crippen LogP contribution in [0.25, 0.3) is 11.0 Å². The number of aromatic amines is 1. The van der Waals surface area contributed by atoms with E-state index in [1.54, 1.807) is 36.4 Å². The van der Waals surface area contributed by atoms with Gasteiger partial charge in [-0.25, -0.2) is 4.98 Å². The minimum absolute atomic E-state index is 0.0524. The predicted octanol–water partition coefficient (Wildman–Crippen LogP) is 4.36. The summed E-state index contributed by atoms with van der Waals surface area (Å²) in [5, 5.41) is 6.13. The molecule has 1 amide bonds. The Morgan fingerprint density at radius 2 is 1.81 bits per heavy atom. The number of rotatable bonds is 10. The quantitative estimate of drug-likeness (QED) is 0.274. The highest BCUT2D eigenvalue weighted by molar-refractivity contribution is 7.87. The first-order valence-electron chi connectivity index (χ1n) is 12.8. The Morgan fingerprint density at radius 1 is 1.06 bits per heavy atom. The molecule has 1 aliphatic carbocycles. The van der Waals surface area contributed by atoms with Crippen LogP contribution in [0.3, 0.4) is 0 Å². The Labute approximate surface area is 211 Å². The Morgan fingerprint density at radius 3 is 2.53 bits per heavy atom. The number of carbonyl (C=O) groups excluding carboxylic acids is 1. The fraction of sp³-hybridized carbons (Fsp3) is 0.462. The fourth-order valence-corrected chi connectivity index (χ4v) is 5.39. The third-order valence-electron chi connectivity index (χ3n) is 6.67. The van der Waals surface area contributed by atoms with Crippen LogP contribution >= 0.6 is 0 Å². The van der Waals surface area contributed by atoms with Crippen LogP contribution in [0.2, 0.25) is 0 Å². The molecule has 0 bridgehead atoms. The van der Waals surface area contributed by atoms with Crippen molar-refractivity contribution < 1.29 is 17.4 Å². The van der Waals surface area contributed by atoms with Crippen LogP contribution in [0.5, 0.6) is 5.75 Å². The molecule has 5 rings (SSSR count). The topological polar surface area (TPSA) is 116 Å². The van der Waals surface area contributed by atoms with Crippen molar-refractivity contribution in [3.8, 4) is 5.75 Å². The van der Waals surface area contributed by atoms with Gasteiger partial charge in [-0.15, -0.1) is 0 Å². The number of hydrogen-bond acceptors (Lipinski definition) is 7. The highest BCUT2D eigenvalue weighted by Gasteiger charge is 2.30. The molecule has 2 aliphatic rings. The van der Waals surface area contributed by atoms with Gasteiger partial charge in [-0.1, -0.05) is 12.8 Å². The molecule has 0 radical (unpaired) electrons. The number of imidazole rings is 1. The second-order valence-electron chi connectivity index (χ2n) is 9.63. The molecule has 1 saturated heterocycles. The lowest BCUT2D eigenvalue weighted by Gasteiger charge is -2.19. The smallest absolute Gasteiger partial charge is 0.339 e. The zero-order chi connectivity index (χ0) is 25.0. The molecule has 2 aromatic carbocycles. The Balaban J connectivity index is 1.15. The summed E-state index contributed by atoms with van der Waals surface area (Å²) in [7, 11) is -4.00. The van der Waals surface area contributed by atoms with E-state index in [4.69, 9.17) is 4.18 Å². The van der Waals surface area contributed by atoms with Crippen molar-refractivity contribution in [1.29, 1.82) is 0 Å². The van der Waals surface area contributed by atoms with E-state index >= 15 is 0 Å². The highest BCUT2D eigenvalue weighted by atomic mass is 32.2. The Hall–Kier alpha value is -3.11. The number of H-pyrrole nitrogens is 1. The van der Waals surface area contributed by atoms with Gasteiger partial charge in [-0.3, -0.25) is 10.1 Å². The summed E-state index contributed by atoms with van der Waals surface area (Å²) < 4.78 is 31.0. The van der Waals surface area contributed by atoms with Gasteiger partial charge in [-0.2, -0.15) is 8.42 Å². The van der Waals surface area contributed by atoms with Crippen molar-refractivity contribution in [2.24, 2.45) is 5.92 Å². The summed E-state index contributed by atoms with van der Waals surface area (Å²) in [6, 6.07) is 11.4. The number of nitrogens with zero attached hydrogens (tertiary/aromatic N) is 2. The lowest BCUT2D eigenvalue weighted by molar-refractivity contribution is -0.117. The molecule has 2 heterocycles. The third-order valence-corrected chi connectivity index (χ3v) is 7.93. The number of hydrogen-bond donors (Lipinski definition) is 3. The lowest BCUT2D eigenvalue weighted by Crippen LogP contribution is -2.27. The predicted molar refractivity (Wildman–Crippen MR) is 140 cm³/mol. The van der Waals surface area contributed by atoms with Crippen molar-refractivity contribution in [3.63, 3.8) is 0 Å². The van der Waals surface area contributed by atoms with Crippen LogP contribution < -0.4 is 14.8 Å². The zero-order valence-corrected chi connectivity index (χ0v) is 21.1. The molecule has 1 aliphatic heterocycles. The molecule has 1 saturated carbocycles. The van der Waals surface area contributed by atoms with Crippen molar-refractivity contribution >= 4 is 38.7 Å². The van der Waals surface area contributed by atoms with Crippen LogP contribution in [0, 0.1) is 5.92 Å². The number of nitrogens with one attached hydrogen (secondary N) is 3. The number of aromatic nitrogens is 2. The van der Waals surface area contributed by atoms with Gasteiger partial charge in [-0.05, 0) is 88.1 Å². The van der Waals surface area contributed by atoms with Gasteiger partial charge >= 0.3 is 10.1 Å². The second-order valence-corrected chi connectivity index (χ2v) is 11.2. The minimum Gasteiger partial charge on any atom is -0.385 e. The molecule has 192 valence electrons. The van der Waals surface area contributed by atoms with E-state index in [-0.39, 0.29) is 22.5 Å². The molecule has 3 aromatic rings. The molecular formula is C26H33N5O4S. The minimum atomic E-state index is -4.00. The first kappa shape index (κ1) is 24.6. The molecule has 2 fully saturated rings. The SMILES string of the molecule is O=C(Nc1nc2cc(OS(=O)(=O)c3ccc(NCCCN4CCCCCC4)cc3)ccc2[nH]1)C1CC1. The van der Waals surface area contributed by atoms with E-state index in [0.717, 1.165) is 38.0 Å². The molecule has 0 atom stereocenters. The number of carbonyl (C=O) groups is 1. The number of benzene rings is 2. The Bertz CT molecular complexity index is 1290. The van der Waals surface area contributed by atoms with Gasteiger partial charge in [0.05, 0.1) is 11.0 Å². The summed E-state index contributed by atoms with van der Waals surface area (Å²) in [5.41, 5.74) is 2.06. The normalized spacial score (nSPS) is 17.0. The van der Waals surface area contributed by atoms with Gasteiger partial charge in [0.25, 0.3) is 0 Å². The summed E-state index contributed by atoms with van der Waals surface area (Å²) in [4.78, 5) is 21.9. The van der Waals surface area contributed by atoms with E-state index in [2.05, 4.69) is 25.5 Å². The maximum Gasteiger partial charge on any atom is 0.339 e. The molecule has 3 N–H and O–H groups in total. The first-order chi connectivity index (χ1) is 17.5. The van der Waals surface area contributed by atoms with E-state index in [9.17, 15) is 13.2 Å². The van der Waals surface area contributed by atoms with Gasteiger partial charge in [0.15, 0.2) is 0 Å². The number of fused-ring (bicyclic) bond motifs is 1. The van der Waals surface area contributed by atoms with Crippen LogP contribution in [-0.2, 0) is 14.9 Å². The molecule has 36 heavy (non-hydrogen) atoms. The van der Waals surface area contributed by atoms with Crippen molar-refractivity contribution in [2.45, 2.75) is 49.8 Å². The van der Waals surface area contributed by atoms with Crippen LogP contribution in [0.15, 0.2) is 47.4 Å². The maximum absolute atomic E-state index is 12.8. The molecule has 1 aromatic heterocycles. The number of anilines is 2. The molecule has 0 spiro atoms. The maximum atomic E-state index is 12.8. The van der Waals surface area contributed by atoms with Crippen LogP contribution in [0.4, 0.5) is 11.6 Å². The second kappa shape index (κ2) is 10.9. The first-order valence-corrected chi connectivity index (χ1v) is 14.2. The molecular weight excluding hydrogens is 478 g/mol.